The molecule has 5 nitrogen and oxygen atoms in total. The summed E-state index contributed by atoms with van der Waals surface area (Å²) in [6, 6.07) is 0. The van der Waals surface area contributed by atoms with Crippen LogP contribution in [0.1, 0.15) is 30.5 Å². The largest absolute Gasteiger partial charge is 0.435 e. The normalized spacial score (nSPS) is 16.3. The van der Waals surface area contributed by atoms with Crippen molar-refractivity contribution in [2.75, 3.05) is 19.7 Å². The molecule has 0 radical (unpaired) electrons. The number of piperidine rings is 1. The number of carbonyl (C=O) groups is 1. The van der Waals surface area contributed by atoms with Gasteiger partial charge in [-0.15, -0.1) is 0 Å². The zero-order chi connectivity index (χ0) is 15.5. The van der Waals surface area contributed by atoms with Crippen molar-refractivity contribution in [2.45, 2.75) is 38.4 Å². The number of hydrogen-bond acceptors (Lipinski definition) is 3. The minimum Gasteiger partial charge on any atom is -0.396 e. The fourth-order valence-electron chi connectivity index (χ4n) is 2.47. The van der Waals surface area contributed by atoms with Gasteiger partial charge in [-0.3, -0.25) is 9.48 Å². The highest BCUT2D eigenvalue weighted by molar-refractivity contribution is 5.76. The lowest BCUT2D eigenvalue weighted by atomic mass is 10.1. The Morgan fingerprint density at radius 1 is 1.29 bits per heavy atom. The molecule has 2 heterocycles. The van der Waals surface area contributed by atoms with Gasteiger partial charge >= 0.3 is 6.18 Å². The molecular weight excluding hydrogens is 287 g/mol. The number of aliphatic hydroxyl groups is 1. The Hall–Kier alpha value is -1.57. The number of rotatable bonds is 4. The molecule has 0 aliphatic carbocycles. The molecule has 0 bridgehead atoms. The minimum absolute atomic E-state index is 0.0866. The number of alkyl halides is 3. The highest BCUT2D eigenvalue weighted by Crippen LogP contribution is 2.30. The molecule has 118 valence electrons. The van der Waals surface area contributed by atoms with E-state index in [9.17, 15) is 18.0 Å². The van der Waals surface area contributed by atoms with Crippen LogP contribution in [-0.2, 0) is 23.9 Å². The van der Waals surface area contributed by atoms with Crippen LogP contribution in [0.2, 0.25) is 0 Å². The van der Waals surface area contributed by atoms with Gasteiger partial charge in [0, 0.05) is 31.5 Å². The summed E-state index contributed by atoms with van der Waals surface area (Å²) >= 11 is 0. The van der Waals surface area contributed by atoms with Crippen LogP contribution in [0.3, 0.4) is 0 Å². The summed E-state index contributed by atoms with van der Waals surface area (Å²) in [5.74, 6) is -0.221. The standard InChI is InChI=1S/C13H18F3N3O2/c14-13(15,16)12-10(4-7-20)8-19(17-12)9-11(21)18-5-2-1-3-6-18/h8,20H,1-7,9H2. The first-order valence-corrected chi connectivity index (χ1v) is 6.94. The van der Waals surface area contributed by atoms with Gasteiger partial charge in [0.05, 0.1) is 0 Å². The van der Waals surface area contributed by atoms with Crippen LogP contribution in [0.15, 0.2) is 6.20 Å². The SMILES string of the molecule is O=C(Cn1cc(CCO)c(C(F)(F)F)n1)N1CCCCC1. The van der Waals surface area contributed by atoms with E-state index in [1.165, 1.54) is 6.20 Å². The third-order valence-corrected chi connectivity index (χ3v) is 3.49. The second-order valence-corrected chi connectivity index (χ2v) is 5.11. The van der Waals surface area contributed by atoms with Crippen molar-refractivity contribution < 1.29 is 23.1 Å². The molecular formula is C13H18F3N3O2. The summed E-state index contributed by atoms with van der Waals surface area (Å²) in [6.45, 7) is 0.703. The average molecular weight is 305 g/mol. The number of hydrogen-bond donors (Lipinski definition) is 1. The lowest BCUT2D eigenvalue weighted by molar-refractivity contribution is -0.142. The maximum absolute atomic E-state index is 12.8. The molecule has 21 heavy (non-hydrogen) atoms. The van der Waals surface area contributed by atoms with E-state index in [4.69, 9.17) is 5.11 Å². The van der Waals surface area contributed by atoms with E-state index in [1.54, 1.807) is 4.90 Å². The summed E-state index contributed by atoms with van der Waals surface area (Å²) in [5, 5.41) is 12.3. The maximum Gasteiger partial charge on any atom is 0.435 e. The molecule has 0 atom stereocenters. The molecule has 1 aromatic rings. The molecule has 0 spiro atoms. The molecule has 1 aliphatic rings. The lowest BCUT2D eigenvalue weighted by Crippen LogP contribution is -2.37. The second-order valence-electron chi connectivity index (χ2n) is 5.11. The molecule has 8 heteroatoms. The zero-order valence-corrected chi connectivity index (χ0v) is 11.6. The van der Waals surface area contributed by atoms with E-state index in [1.807, 2.05) is 0 Å². The monoisotopic (exact) mass is 305 g/mol. The van der Waals surface area contributed by atoms with Gasteiger partial charge in [-0.1, -0.05) is 0 Å². The third-order valence-electron chi connectivity index (χ3n) is 3.49. The first-order valence-electron chi connectivity index (χ1n) is 6.94. The van der Waals surface area contributed by atoms with Gasteiger partial charge in [0.2, 0.25) is 5.91 Å². The van der Waals surface area contributed by atoms with Gasteiger partial charge in [0.15, 0.2) is 5.69 Å². The lowest BCUT2D eigenvalue weighted by Gasteiger charge is -2.26. The van der Waals surface area contributed by atoms with Gasteiger partial charge in [0.25, 0.3) is 0 Å². The van der Waals surface area contributed by atoms with Crippen molar-refractivity contribution in [1.82, 2.24) is 14.7 Å². The van der Waals surface area contributed by atoms with Gasteiger partial charge in [-0.05, 0) is 25.7 Å². The van der Waals surface area contributed by atoms with E-state index in [0.29, 0.717) is 13.1 Å². The van der Waals surface area contributed by atoms with E-state index >= 15 is 0 Å². The van der Waals surface area contributed by atoms with E-state index < -0.39 is 18.5 Å². The maximum atomic E-state index is 12.8. The van der Waals surface area contributed by atoms with Gasteiger partial charge in [-0.2, -0.15) is 18.3 Å². The fourth-order valence-corrected chi connectivity index (χ4v) is 2.47. The molecule has 0 saturated carbocycles. The molecule has 0 unspecified atom stereocenters. The molecule has 1 aromatic heterocycles. The smallest absolute Gasteiger partial charge is 0.396 e. The van der Waals surface area contributed by atoms with Crippen LogP contribution in [0.5, 0.6) is 0 Å². The Kier molecular flexibility index (Phi) is 4.87. The average Bonchev–Trinajstić information content (AvgIpc) is 2.83. The summed E-state index contributed by atoms with van der Waals surface area (Å²) in [6.07, 6.45) is -0.592. The molecule has 2 rings (SSSR count). The van der Waals surface area contributed by atoms with E-state index in [-0.39, 0.29) is 24.4 Å². The number of nitrogens with zero attached hydrogens (tertiary/aromatic N) is 3. The quantitative estimate of drug-likeness (QED) is 0.916. The third kappa shape index (κ3) is 3.96. The Labute approximate surface area is 120 Å². The van der Waals surface area contributed by atoms with Crippen molar-refractivity contribution in [3.05, 3.63) is 17.5 Å². The van der Waals surface area contributed by atoms with Gasteiger partial charge in [-0.25, -0.2) is 0 Å². The van der Waals surface area contributed by atoms with Gasteiger partial charge in [0.1, 0.15) is 6.54 Å². The van der Waals surface area contributed by atoms with Crippen LogP contribution < -0.4 is 0 Å². The molecule has 1 N–H and O–H groups in total. The number of carbonyl (C=O) groups excluding carboxylic acids is 1. The second kappa shape index (κ2) is 6.46. The number of halogens is 3. The fraction of sp³-hybridized carbons (Fsp3) is 0.692. The Bertz CT molecular complexity index is 493. The molecule has 1 amide bonds. The Morgan fingerprint density at radius 3 is 2.52 bits per heavy atom. The first-order chi connectivity index (χ1) is 9.91. The number of aromatic nitrogens is 2. The highest BCUT2D eigenvalue weighted by atomic mass is 19.4. The number of aliphatic hydroxyl groups excluding tert-OH is 1. The predicted octanol–water partition coefficient (Wildman–Crippen LogP) is 1.45. The van der Waals surface area contributed by atoms with Crippen LogP contribution >= 0.6 is 0 Å². The number of likely N-dealkylation sites (tertiary alicyclic amines) is 1. The summed E-state index contributed by atoms with van der Waals surface area (Å²) in [7, 11) is 0. The molecule has 1 fully saturated rings. The van der Waals surface area contributed by atoms with Crippen LogP contribution in [0, 0.1) is 0 Å². The molecule has 1 aliphatic heterocycles. The zero-order valence-electron chi connectivity index (χ0n) is 11.6. The molecule has 0 aromatic carbocycles. The first kappa shape index (κ1) is 15.8. The van der Waals surface area contributed by atoms with Crippen LogP contribution in [0.4, 0.5) is 13.2 Å². The van der Waals surface area contributed by atoms with Crippen molar-refractivity contribution in [3.63, 3.8) is 0 Å². The highest BCUT2D eigenvalue weighted by Gasteiger charge is 2.37. The van der Waals surface area contributed by atoms with E-state index in [0.717, 1.165) is 23.9 Å². The Morgan fingerprint density at radius 2 is 1.95 bits per heavy atom. The van der Waals surface area contributed by atoms with E-state index in [2.05, 4.69) is 5.10 Å². The van der Waals surface area contributed by atoms with Crippen molar-refractivity contribution >= 4 is 5.91 Å². The van der Waals surface area contributed by atoms with Crippen molar-refractivity contribution in [1.29, 1.82) is 0 Å². The summed E-state index contributed by atoms with van der Waals surface area (Å²) in [4.78, 5) is 13.7. The van der Waals surface area contributed by atoms with Crippen LogP contribution in [0.25, 0.3) is 0 Å². The van der Waals surface area contributed by atoms with Crippen molar-refractivity contribution in [2.24, 2.45) is 0 Å². The van der Waals surface area contributed by atoms with Crippen molar-refractivity contribution in [3.8, 4) is 0 Å². The Balaban J connectivity index is 2.11. The summed E-state index contributed by atoms with van der Waals surface area (Å²) in [5.41, 5.74) is -1.11. The van der Waals surface area contributed by atoms with Crippen LogP contribution in [-0.4, -0.2) is 45.4 Å². The number of amides is 1. The minimum atomic E-state index is -4.58. The molecule has 1 saturated heterocycles. The topological polar surface area (TPSA) is 58.4 Å². The predicted molar refractivity (Wildman–Crippen MR) is 68.4 cm³/mol. The van der Waals surface area contributed by atoms with Gasteiger partial charge < -0.3 is 10.0 Å². The summed E-state index contributed by atoms with van der Waals surface area (Å²) < 4.78 is 39.5.